The Balaban J connectivity index is 1.74. The van der Waals surface area contributed by atoms with Crippen molar-refractivity contribution in [2.75, 3.05) is 0 Å². The Bertz CT molecular complexity index is 846. The lowest BCUT2D eigenvalue weighted by Crippen LogP contribution is -2.27. The summed E-state index contributed by atoms with van der Waals surface area (Å²) in [6.07, 6.45) is 5.40. The van der Waals surface area contributed by atoms with E-state index in [0.29, 0.717) is 5.69 Å². The van der Waals surface area contributed by atoms with Gasteiger partial charge < -0.3 is 5.32 Å². The smallest absolute Gasteiger partial charge is 0.271 e. The molecule has 3 heterocycles. The molecule has 3 rings (SSSR count). The fourth-order valence-corrected chi connectivity index (χ4v) is 3.11. The lowest BCUT2D eigenvalue weighted by atomic mass is 10.1. The Morgan fingerprint density at radius 3 is 2.70 bits per heavy atom. The van der Waals surface area contributed by atoms with Crippen LogP contribution in [0, 0.1) is 6.92 Å². The molecule has 23 heavy (non-hydrogen) atoms. The quantitative estimate of drug-likeness (QED) is 0.794. The molecule has 0 bridgehead atoms. The molecule has 0 fully saturated rings. The minimum absolute atomic E-state index is 0.125. The van der Waals surface area contributed by atoms with Gasteiger partial charge in [0.25, 0.3) is 5.91 Å². The number of thiazole rings is 1. The second-order valence-corrected chi connectivity index (χ2v) is 6.30. The van der Waals surface area contributed by atoms with Crippen molar-refractivity contribution in [3.05, 3.63) is 40.9 Å². The molecule has 0 unspecified atom stereocenters. The zero-order valence-corrected chi connectivity index (χ0v) is 14.3. The molecule has 120 valence electrons. The first-order valence-electron chi connectivity index (χ1n) is 7.19. The molecule has 0 aromatic carbocycles. The maximum absolute atomic E-state index is 12.4. The van der Waals surface area contributed by atoms with Crippen LogP contribution in [0.15, 0.2) is 24.0 Å². The second kappa shape index (κ2) is 5.96. The summed E-state index contributed by atoms with van der Waals surface area (Å²) in [6.45, 7) is 3.92. The van der Waals surface area contributed by atoms with Crippen molar-refractivity contribution in [1.29, 1.82) is 0 Å². The highest BCUT2D eigenvalue weighted by Crippen LogP contribution is 2.23. The van der Waals surface area contributed by atoms with Gasteiger partial charge in [-0.25, -0.2) is 4.98 Å². The highest BCUT2D eigenvalue weighted by atomic mass is 32.1. The topological polar surface area (TPSA) is 77.6 Å². The molecule has 1 atom stereocenters. The van der Waals surface area contributed by atoms with Gasteiger partial charge in [0.15, 0.2) is 0 Å². The van der Waals surface area contributed by atoms with Gasteiger partial charge in [0.05, 0.1) is 18.4 Å². The Morgan fingerprint density at radius 2 is 2.09 bits per heavy atom. The van der Waals surface area contributed by atoms with E-state index in [9.17, 15) is 4.79 Å². The summed E-state index contributed by atoms with van der Waals surface area (Å²) in [5.41, 5.74) is 3.37. The van der Waals surface area contributed by atoms with Crippen LogP contribution in [0.25, 0.3) is 10.6 Å². The van der Waals surface area contributed by atoms with Crippen molar-refractivity contribution in [1.82, 2.24) is 29.9 Å². The van der Waals surface area contributed by atoms with Crippen molar-refractivity contribution >= 4 is 17.2 Å². The molecule has 0 saturated heterocycles. The number of amides is 1. The van der Waals surface area contributed by atoms with Crippen LogP contribution >= 0.6 is 11.3 Å². The number of aryl methyl sites for hydroxylation is 2. The number of nitrogens with one attached hydrogen (secondary N) is 1. The third kappa shape index (κ3) is 3.02. The van der Waals surface area contributed by atoms with Gasteiger partial charge in [-0.1, -0.05) is 0 Å². The molecule has 0 aliphatic carbocycles. The van der Waals surface area contributed by atoms with Gasteiger partial charge in [0, 0.05) is 42.5 Å². The molecule has 0 aliphatic heterocycles. The molecular formula is C15H18N6OS. The van der Waals surface area contributed by atoms with E-state index in [0.717, 1.165) is 21.8 Å². The molecular weight excluding hydrogens is 312 g/mol. The lowest BCUT2D eigenvalue weighted by molar-refractivity contribution is 0.0935. The van der Waals surface area contributed by atoms with E-state index >= 15 is 0 Å². The van der Waals surface area contributed by atoms with Gasteiger partial charge in [-0.05, 0) is 13.8 Å². The minimum atomic E-state index is -0.188. The predicted octanol–water partition coefficient (Wildman–Crippen LogP) is 2.08. The molecule has 0 aliphatic rings. The highest BCUT2D eigenvalue weighted by molar-refractivity contribution is 7.13. The van der Waals surface area contributed by atoms with Crippen molar-refractivity contribution in [3.63, 3.8) is 0 Å². The summed E-state index contributed by atoms with van der Waals surface area (Å²) in [4.78, 5) is 16.8. The predicted molar refractivity (Wildman–Crippen MR) is 88.1 cm³/mol. The number of carbonyl (C=O) groups excluding carboxylic acids is 1. The number of rotatable bonds is 4. The largest absolute Gasteiger partial charge is 0.344 e. The van der Waals surface area contributed by atoms with Crippen LogP contribution in [-0.4, -0.2) is 30.5 Å². The molecule has 8 heteroatoms. The summed E-state index contributed by atoms with van der Waals surface area (Å²) in [7, 11) is 3.73. The number of hydrogen-bond donors (Lipinski definition) is 1. The zero-order valence-electron chi connectivity index (χ0n) is 13.4. The summed E-state index contributed by atoms with van der Waals surface area (Å²) in [6, 6.07) is -0.125. The molecule has 3 aromatic heterocycles. The van der Waals surface area contributed by atoms with E-state index in [1.165, 1.54) is 11.3 Å². The Labute approximate surface area is 138 Å². The molecule has 0 radical (unpaired) electrons. The second-order valence-electron chi connectivity index (χ2n) is 5.44. The zero-order chi connectivity index (χ0) is 16.6. The molecule has 1 amide bonds. The van der Waals surface area contributed by atoms with Crippen LogP contribution in [0.5, 0.6) is 0 Å². The van der Waals surface area contributed by atoms with Crippen LogP contribution in [0.2, 0.25) is 0 Å². The number of aromatic nitrogens is 5. The van der Waals surface area contributed by atoms with Crippen LogP contribution in [0.3, 0.4) is 0 Å². The lowest BCUT2D eigenvalue weighted by Gasteiger charge is -2.12. The molecule has 3 aromatic rings. The van der Waals surface area contributed by atoms with E-state index in [1.807, 2.05) is 34.1 Å². The summed E-state index contributed by atoms with van der Waals surface area (Å²) >= 11 is 1.43. The van der Waals surface area contributed by atoms with Crippen LogP contribution in [0.4, 0.5) is 0 Å². The van der Waals surface area contributed by atoms with Crippen molar-refractivity contribution in [3.8, 4) is 10.6 Å². The Morgan fingerprint density at radius 1 is 1.30 bits per heavy atom. The molecule has 0 spiro atoms. The minimum Gasteiger partial charge on any atom is -0.344 e. The first kappa shape index (κ1) is 15.4. The van der Waals surface area contributed by atoms with Gasteiger partial charge in [-0.15, -0.1) is 11.3 Å². The van der Waals surface area contributed by atoms with E-state index in [-0.39, 0.29) is 11.9 Å². The van der Waals surface area contributed by atoms with Gasteiger partial charge in [0.2, 0.25) is 0 Å². The first-order chi connectivity index (χ1) is 11.0. The van der Waals surface area contributed by atoms with Gasteiger partial charge in [-0.2, -0.15) is 10.2 Å². The first-order valence-corrected chi connectivity index (χ1v) is 8.07. The maximum atomic E-state index is 12.4. The Kier molecular flexibility index (Phi) is 3.99. The third-order valence-corrected chi connectivity index (χ3v) is 4.67. The van der Waals surface area contributed by atoms with Gasteiger partial charge in [-0.3, -0.25) is 14.2 Å². The summed E-state index contributed by atoms with van der Waals surface area (Å²) < 4.78 is 3.51. The number of carbonyl (C=O) groups is 1. The average Bonchev–Trinajstić information content (AvgIpc) is 3.21. The molecule has 0 saturated carbocycles. The number of nitrogens with zero attached hydrogens (tertiary/aromatic N) is 5. The summed E-state index contributed by atoms with van der Waals surface area (Å²) in [5, 5.41) is 13.8. The SMILES string of the molecule is Cc1c([C@H](C)NC(=O)c2csc(-c3cnn(C)c3)n2)cnn1C. The highest BCUT2D eigenvalue weighted by Gasteiger charge is 2.18. The molecule has 1 N–H and O–H groups in total. The van der Waals surface area contributed by atoms with Crippen molar-refractivity contribution < 1.29 is 4.79 Å². The Hall–Kier alpha value is -2.48. The summed E-state index contributed by atoms with van der Waals surface area (Å²) in [5.74, 6) is -0.188. The fourth-order valence-electron chi connectivity index (χ4n) is 2.33. The van der Waals surface area contributed by atoms with Crippen LogP contribution in [0.1, 0.15) is 34.7 Å². The van der Waals surface area contributed by atoms with Crippen molar-refractivity contribution in [2.45, 2.75) is 19.9 Å². The standard InChI is InChI=1S/C15H18N6OS/c1-9(12-6-17-21(4)10(12)2)18-14(22)13-8-23-15(19-13)11-5-16-20(3)7-11/h5-9H,1-4H3,(H,18,22)/t9-/m0/s1. The maximum Gasteiger partial charge on any atom is 0.271 e. The average molecular weight is 330 g/mol. The normalized spacial score (nSPS) is 12.3. The monoisotopic (exact) mass is 330 g/mol. The van der Waals surface area contributed by atoms with E-state index in [4.69, 9.17) is 0 Å². The van der Waals surface area contributed by atoms with E-state index < -0.39 is 0 Å². The van der Waals surface area contributed by atoms with Crippen LogP contribution in [-0.2, 0) is 14.1 Å². The van der Waals surface area contributed by atoms with E-state index in [1.54, 1.807) is 27.1 Å². The van der Waals surface area contributed by atoms with Gasteiger partial charge in [0.1, 0.15) is 10.7 Å². The van der Waals surface area contributed by atoms with Crippen LogP contribution < -0.4 is 5.32 Å². The van der Waals surface area contributed by atoms with E-state index in [2.05, 4.69) is 20.5 Å². The molecule has 7 nitrogen and oxygen atoms in total. The third-order valence-electron chi connectivity index (χ3n) is 3.78. The number of hydrogen-bond acceptors (Lipinski definition) is 5. The van der Waals surface area contributed by atoms with Crippen molar-refractivity contribution in [2.24, 2.45) is 14.1 Å². The van der Waals surface area contributed by atoms with Gasteiger partial charge >= 0.3 is 0 Å². The fraction of sp³-hybridized carbons (Fsp3) is 0.333.